The van der Waals surface area contributed by atoms with Gasteiger partial charge in [-0.25, -0.2) is 9.97 Å². The van der Waals surface area contributed by atoms with Crippen molar-refractivity contribution in [3.63, 3.8) is 0 Å². The molecule has 0 radical (unpaired) electrons. The summed E-state index contributed by atoms with van der Waals surface area (Å²) in [5, 5.41) is 3.96. The van der Waals surface area contributed by atoms with E-state index < -0.39 is 0 Å². The molecule has 0 saturated carbocycles. The van der Waals surface area contributed by atoms with Gasteiger partial charge >= 0.3 is 0 Å². The van der Waals surface area contributed by atoms with Crippen LogP contribution >= 0.6 is 27.7 Å². The second-order valence-corrected chi connectivity index (χ2v) is 6.49. The van der Waals surface area contributed by atoms with Gasteiger partial charge in [-0.3, -0.25) is 0 Å². The molecule has 2 rings (SSSR count). The van der Waals surface area contributed by atoms with Gasteiger partial charge in [-0.15, -0.1) is 0 Å². The number of rotatable bonds is 5. The molecule has 0 bridgehead atoms. The Hall–Kier alpha value is -1.31. The molecular formula is C14H18BrN5S. The molecular weight excluding hydrogens is 350 g/mol. The fourth-order valence-electron chi connectivity index (χ4n) is 1.98. The summed E-state index contributed by atoms with van der Waals surface area (Å²) in [7, 11) is 0. The van der Waals surface area contributed by atoms with Crippen LogP contribution in [-0.4, -0.2) is 16.5 Å². The first-order valence-electron chi connectivity index (χ1n) is 6.60. The molecule has 0 aliphatic heterocycles. The van der Waals surface area contributed by atoms with Crippen LogP contribution in [0.2, 0.25) is 0 Å². The molecule has 1 aromatic carbocycles. The van der Waals surface area contributed by atoms with Crippen LogP contribution in [0.3, 0.4) is 0 Å². The number of nitrogen functional groups attached to an aromatic ring is 2. The third kappa shape index (κ3) is 4.33. The first-order chi connectivity index (χ1) is 9.99. The number of nitrogens with one attached hydrogen (secondary N) is 1. The minimum absolute atomic E-state index is 0.240. The van der Waals surface area contributed by atoms with Crippen molar-refractivity contribution in [1.82, 2.24) is 15.3 Å². The van der Waals surface area contributed by atoms with E-state index in [1.54, 1.807) is 6.07 Å². The smallest absolute Gasteiger partial charge is 0.196 e. The molecule has 21 heavy (non-hydrogen) atoms. The van der Waals surface area contributed by atoms with Crippen molar-refractivity contribution in [3.8, 4) is 0 Å². The number of halogens is 1. The zero-order chi connectivity index (χ0) is 15.4. The lowest BCUT2D eigenvalue weighted by molar-refractivity contribution is 0.589. The van der Waals surface area contributed by atoms with E-state index in [1.165, 1.54) is 17.3 Å². The molecule has 1 atom stereocenters. The average Bonchev–Trinajstić information content (AvgIpc) is 2.37. The summed E-state index contributed by atoms with van der Waals surface area (Å²) >= 11 is 4.96. The van der Waals surface area contributed by atoms with E-state index in [-0.39, 0.29) is 6.04 Å². The molecule has 7 heteroatoms. The Morgan fingerprint density at radius 1 is 1.24 bits per heavy atom. The fourth-order valence-corrected chi connectivity index (χ4v) is 3.54. The van der Waals surface area contributed by atoms with Crippen molar-refractivity contribution in [3.05, 3.63) is 34.3 Å². The Bertz CT molecular complexity index is 615. The predicted molar refractivity (Wildman–Crippen MR) is 91.2 cm³/mol. The lowest BCUT2D eigenvalue weighted by Gasteiger charge is -2.17. The Balaban J connectivity index is 2.35. The van der Waals surface area contributed by atoms with Crippen LogP contribution in [0.5, 0.6) is 0 Å². The van der Waals surface area contributed by atoms with Gasteiger partial charge in [0.2, 0.25) is 0 Å². The van der Waals surface area contributed by atoms with Crippen molar-refractivity contribution in [2.75, 3.05) is 18.0 Å². The molecule has 0 spiro atoms. The van der Waals surface area contributed by atoms with Gasteiger partial charge in [0.1, 0.15) is 11.6 Å². The van der Waals surface area contributed by atoms with Crippen molar-refractivity contribution in [2.24, 2.45) is 0 Å². The van der Waals surface area contributed by atoms with E-state index in [1.807, 2.05) is 6.07 Å². The standard InChI is InChI=1S/C14H18BrN5S/c1-3-18-8(2)10-5-4-9(15)6-11(10)21-14-19-12(16)7-13(17)20-14/h4-8,18H,3H2,1-2H3,(H4,16,17,19,20). The zero-order valence-electron chi connectivity index (χ0n) is 11.9. The number of aromatic nitrogens is 2. The molecule has 5 N–H and O–H groups in total. The third-order valence-corrected chi connectivity index (χ3v) is 4.33. The number of nitrogens with zero attached hydrogens (tertiary/aromatic N) is 2. The Labute approximate surface area is 137 Å². The van der Waals surface area contributed by atoms with Crippen LogP contribution in [0.15, 0.2) is 38.8 Å². The minimum Gasteiger partial charge on any atom is -0.383 e. The van der Waals surface area contributed by atoms with Gasteiger partial charge in [0, 0.05) is 21.5 Å². The second kappa shape index (κ2) is 7.11. The fraction of sp³-hybridized carbons (Fsp3) is 0.286. The Kier molecular flexibility index (Phi) is 5.44. The number of hydrogen-bond donors (Lipinski definition) is 3. The number of benzene rings is 1. The van der Waals surface area contributed by atoms with Crippen molar-refractivity contribution in [1.29, 1.82) is 0 Å². The molecule has 112 valence electrons. The normalized spacial score (nSPS) is 12.3. The SMILES string of the molecule is CCNC(C)c1ccc(Br)cc1Sc1nc(N)cc(N)n1. The molecule has 0 amide bonds. The highest BCUT2D eigenvalue weighted by Crippen LogP contribution is 2.34. The van der Waals surface area contributed by atoms with Gasteiger partial charge in [-0.2, -0.15) is 0 Å². The van der Waals surface area contributed by atoms with Crippen LogP contribution < -0.4 is 16.8 Å². The quantitative estimate of drug-likeness (QED) is 0.702. The Morgan fingerprint density at radius 2 is 1.90 bits per heavy atom. The summed E-state index contributed by atoms with van der Waals surface area (Å²) < 4.78 is 1.01. The number of hydrogen-bond acceptors (Lipinski definition) is 6. The van der Waals surface area contributed by atoms with E-state index in [2.05, 4.69) is 57.2 Å². The molecule has 0 fully saturated rings. The molecule has 0 aliphatic rings. The van der Waals surface area contributed by atoms with E-state index >= 15 is 0 Å². The van der Waals surface area contributed by atoms with Crippen LogP contribution in [0, 0.1) is 0 Å². The molecule has 5 nitrogen and oxygen atoms in total. The van der Waals surface area contributed by atoms with Crippen molar-refractivity contribution < 1.29 is 0 Å². The van der Waals surface area contributed by atoms with Crippen LogP contribution in [0.4, 0.5) is 11.6 Å². The van der Waals surface area contributed by atoms with Gasteiger partial charge in [0.15, 0.2) is 5.16 Å². The first-order valence-corrected chi connectivity index (χ1v) is 8.21. The first kappa shape index (κ1) is 16.1. The zero-order valence-corrected chi connectivity index (χ0v) is 14.3. The maximum atomic E-state index is 5.72. The monoisotopic (exact) mass is 367 g/mol. The largest absolute Gasteiger partial charge is 0.383 e. The maximum Gasteiger partial charge on any atom is 0.196 e. The van der Waals surface area contributed by atoms with Crippen molar-refractivity contribution >= 4 is 39.3 Å². The van der Waals surface area contributed by atoms with E-state index in [9.17, 15) is 0 Å². The molecule has 0 aliphatic carbocycles. The summed E-state index contributed by atoms with van der Waals surface area (Å²) in [6, 6.07) is 7.96. The summed E-state index contributed by atoms with van der Waals surface area (Å²) in [5.74, 6) is 0.752. The van der Waals surface area contributed by atoms with Crippen molar-refractivity contribution in [2.45, 2.75) is 29.9 Å². The third-order valence-electron chi connectivity index (χ3n) is 2.90. The molecule has 1 unspecified atom stereocenters. The van der Waals surface area contributed by atoms with Gasteiger partial charge in [0.05, 0.1) is 0 Å². The van der Waals surface area contributed by atoms with E-state index in [4.69, 9.17) is 11.5 Å². The molecule has 2 aromatic rings. The van der Waals surface area contributed by atoms with Gasteiger partial charge in [-0.05, 0) is 42.9 Å². The predicted octanol–water partition coefficient (Wildman–Crippen LogP) is 3.23. The molecule has 1 heterocycles. The summed E-state index contributed by atoms with van der Waals surface area (Å²) in [4.78, 5) is 9.51. The van der Waals surface area contributed by atoms with Gasteiger partial charge < -0.3 is 16.8 Å². The minimum atomic E-state index is 0.240. The topological polar surface area (TPSA) is 89.8 Å². The molecule has 0 saturated heterocycles. The lowest BCUT2D eigenvalue weighted by atomic mass is 10.1. The maximum absolute atomic E-state index is 5.72. The highest BCUT2D eigenvalue weighted by molar-refractivity contribution is 9.10. The highest BCUT2D eigenvalue weighted by atomic mass is 79.9. The van der Waals surface area contributed by atoms with Gasteiger partial charge in [-0.1, -0.05) is 28.9 Å². The van der Waals surface area contributed by atoms with E-state index in [0.29, 0.717) is 16.8 Å². The summed E-state index contributed by atoms with van der Waals surface area (Å²) in [6.45, 7) is 5.12. The highest BCUT2D eigenvalue weighted by Gasteiger charge is 2.13. The summed E-state index contributed by atoms with van der Waals surface area (Å²) in [5.41, 5.74) is 12.6. The second-order valence-electron chi connectivity index (χ2n) is 4.56. The number of anilines is 2. The molecule has 1 aromatic heterocycles. The Morgan fingerprint density at radius 3 is 2.52 bits per heavy atom. The lowest BCUT2D eigenvalue weighted by Crippen LogP contribution is -2.18. The van der Waals surface area contributed by atoms with Gasteiger partial charge in [0.25, 0.3) is 0 Å². The number of nitrogens with two attached hydrogens (primary N) is 2. The van der Waals surface area contributed by atoms with Crippen LogP contribution in [0.25, 0.3) is 0 Å². The van der Waals surface area contributed by atoms with Crippen LogP contribution in [0.1, 0.15) is 25.5 Å². The summed E-state index contributed by atoms with van der Waals surface area (Å²) in [6.07, 6.45) is 0. The average molecular weight is 368 g/mol. The van der Waals surface area contributed by atoms with E-state index in [0.717, 1.165) is 15.9 Å². The van der Waals surface area contributed by atoms with Crippen LogP contribution in [-0.2, 0) is 0 Å².